The van der Waals surface area contributed by atoms with E-state index < -0.39 is 0 Å². The van der Waals surface area contributed by atoms with Gasteiger partial charge in [-0.1, -0.05) is 54.6 Å². The van der Waals surface area contributed by atoms with Crippen LogP contribution in [0.1, 0.15) is 17.2 Å². The van der Waals surface area contributed by atoms with Gasteiger partial charge in [0.2, 0.25) is 0 Å². The Morgan fingerprint density at radius 1 is 0.769 bits per heavy atom. The van der Waals surface area contributed by atoms with Crippen molar-refractivity contribution in [1.29, 1.82) is 0 Å². The third kappa shape index (κ3) is 3.02. The number of hydrogen-bond acceptors (Lipinski definition) is 1. The van der Waals surface area contributed by atoms with E-state index in [0.29, 0.717) is 5.56 Å². The molecule has 0 spiro atoms. The summed E-state index contributed by atoms with van der Waals surface area (Å²) in [6, 6.07) is 20.5. The zero-order valence-corrected chi connectivity index (χ0v) is 13.9. The minimum Gasteiger partial charge on any atom is -0.326 e. The predicted molar refractivity (Wildman–Crippen MR) is 97.7 cm³/mol. The summed E-state index contributed by atoms with van der Waals surface area (Å²) in [7, 11) is 0. The maximum atomic E-state index is 14.6. The van der Waals surface area contributed by atoms with E-state index in [4.69, 9.17) is 0 Å². The van der Waals surface area contributed by atoms with Gasteiger partial charge in [-0.05, 0) is 34.9 Å². The van der Waals surface area contributed by atoms with Gasteiger partial charge in [-0.3, -0.25) is 0 Å². The molecule has 128 valence electrons. The zero-order valence-electron chi connectivity index (χ0n) is 13.9. The first kappa shape index (κ1) is 16.2. The van der Waals surface area contributed by atoms with Crippen LogP contribution in [0, 0.1) is 11.6 Å². The summed E-state index contributed by atoms with van der Waals surface area (Å²) in [5.74, 6) is -0.563. The summed E-state index contributed by atoms with van der Waals surface area (Å²) < 4.78 is 29.8. The monoisotopic (exact) mass is 346 g/mol. The molecule has 0 saturated heterocycles. The molecule has 0 fully saturated rings. The van der Waals surface area contributed by atoms with Crippen LogP contribution in [0.15, 0.2) is 91.5 Å². The van der Waals surface area contributed by atoms with Gasteiger partial charge in [0.05, 0.1) is 12.4 Å². The van der Waals surface area contributed by atoms with E-state index in [1.54, 1.807) is 36.8 Å². The first-order valence-electron chi connectivity index (χ1n) is 8.31. The molecule has 4 heteroatoms. The molecule has 26 heavy (non-hydrogen) atoms. The van der Waals surface area contributed by atoms with Gasteiger partial charge in [0.25, 0.3) is 0 Å². The molecule has 0 amide bonds. The van der Waals surface area contributed by atoms with E-state index in [0.717, 1.165) is 16.7 Å². The van der Waals surface area contributed by atoms with E-state index in [1.807, 2.05) is 41.1 Å². The average molecular weight is 346 g/mol. The van der Waals surface area contributed by atoms with Gasteiger partial charge in [-0.2, -0.15) is 0 Å². The Morgan fingerprint density at radius 3 is 2.15 bits per heavy atom. The number of imidazole rings is 1. The molecule has 0 aliphatic carbocycles. The molecule has 1 heterocycles. The van der Waals surface area contributed by atoms with E-state index in [-0.39, 0.29) is 17.7 Å². The first-order valence-corrected chi connectivity index (χ1v) is 8.31. The Hall–Kier alpha value is -3.27. The van der Waals surface area contributed by atoms with Crippen molar-refractivity contribution in [3.63, 3.8) is 0 Å². The highest BCUT2D eigenvalue weighted by Crippen LogP contribution is 2.35. The highest BCUT2D eigenvalue weighted by Gasteiger charge is 2.22. The Labute approximate surface area is 150 Å². The Kier molecular flexibility index (Phi) is 4.32. The summed E-state index contributed by atoms with van der Waals surface area (Å²) >= 11 is 0. The van der Waals surface area contributed by atoms with Gasteiger partial charge in [-0.15, -0.1) is 0 Å². The second-order valence-electron chi connectivity index (χ2n) is 6.03. The van der Waals surface area contributed by atoms with Crippen LogP contribution in [0.5, 0.6) is 0 Å². The second kappa shape index (κ2) is 6.92. The molecule has 1 atom stereocenters. The van der Waals surface area contributed by atoms with Crippen LogP contribution in [0.25, 0.3) is 11.1 Å². The van der Waals surface area contributed by atoms with Crippen LogP contribution in [0.3, 0.4) is 0 Å². The first-order chi connectivity index (χ1) is 12.7. The largest absolute Gasteiger partial charge is 0.326 e. The molecule has 0 aliphatic rings. The average Bonchev–Trinajstić information content (AvgIpc) is 3.19. The van der Waals surface area contributed by atoms with Crippen molar-refractivity contribution >= 4 is 0 Å². The van der Waals surface area contributed by atoms with Crippen LogP contribution in [-0.2, 0) is 0 Å². The summed E-state index contributed by atoms with van der Waals surface area (Å²) in [6.07, 6.45) is 5.17. The highest BCUT2D eigenvalue weighted by molar-refractivity contribution is 5.69. The molecular weight excluding hydrogens is 330 g/mol. The fourth-order valence-electron chi connectivity index (χ4n) is 3.24. The van der Waals surface area contributed by atoms with Crippen molar-refractivity contribution in [2.75, 3.05) is 0 Å². The second-order valence-corrected chi connectivity index (χ2v) is 6.03. The lowest BCUT2D eigenvalue weighted by Gasteiger charge is -2.23. The Balaban J connectivity index is 1.93. The van der Waals surface area contributed by atoms with Crippen LogP contribution in [0.4, 0.5) is 8.78 Å². The number of hydrogen-bond donors (Lipinski definition) is 0. The van der Waals surface area contributed by atoms with E-state index in [2.05, 4.69) is 4.98 Å². The molecule has 1 aromatic heterocycles. The number of rotatable bonds is 4. The van der Waals surface area contributed by atoms with Crippen LogP contribution in [-0.4, -0.2) is 9.55 Å². The smallest absolute Gasteiger partial charge is 0.128 e. The fraction of sp³-hybridized carbons (Fsp3) is 0.0455. The van der Waals surface area contributed by atoms with Gasteiger partial charge in [0.1, 0.15) is 11.6 Å². The standard InChI is InChI=1S/C22H16F2N2/c23-17-11-9-16(10-12-17)18-5-1-2-6-19(18)22(26-14-13-25-15-26)20-7-3-4-8-21(20)24/h1-15,22H/t22-/m1/s1. The SMILES string of the molecule is Fc1ccc(-c2ccccc2[C@H](c2ccccc2F)n2ccnc2)cc1. The van der Waals surface area contributed by atoms with Crippen LogP contribution in [0.2, 0.25) is 0 Å². The van der Waals surface area contributed by atoms with Gasteiger partial charge in [0.15, 0.2) is 0 Å². The minimum absolute atomic E-state index is 0.278. The molecule has 0 bridgehead atoms. The van der Waals surface area contributed by atoms with E-state index >= 15 is 0 Å². The predicted octanol–water partition coefficient (Wildman–Crippen LogP) is 5.47. The van der Waals surface area contributed by atoms with E-state index in [9.17, 15) is 8.78 Å². The van der Waals surface area contributed by atoms with Crippen molar-refractivity contribution in [2.24, 2.45) is 0 Å². The maximum absolute atomic E-state index is 14.6. The molecule has 0 saturated carbocycles. The van der Waals surface area contributed by atoms with Crippen molar-refractivity contribution < 1.29 is 8.78 Å². The highest BCUT2D eigenvalue weighted by atomic mass is 19.1. The maximum Gasteiger partial charge on any atom is 0.128 e. The molecule has 4 rings (SSSR count). The fourth-order valence-corrected chi connectivity index (χ4v) is 3.24. The summed E-state index contributed by atoms with van der Waals surface area (Å²) in [5, 5.41) is 0. The molecular formula is C22H16F2N2. The molecule has 0 unspecified atom stereocenters. The summed E-state index contributed by atoms with van der Waals surface area (Å²) in [4.78, 5) is 4.13. The molecule has 0 N–H and O–H groups in total. The lowest BCUT2D eigenvalue weighted by atomic mass is 9.90. The normalized spacial score (nSPS) is 12.1. The van der Waals surface area contributed by atoms with Crippen molar-refractivity contribution in [3.8, 4) is 11.1 Å². The summed E-state index contributed by atoms with van der Waals surface area (Å²) in [5.41, 5.74) is 3.28. The zero-order chi connectivity index (χ0) is 17.9. The topological polar surface area (TPSA) is 17.8 Å². The number of halogens is 2. The quantitative estimate of drug-likeness (QED) is 0.479. The van der Waals surface area contributed by atoms with Gasteiger partial charge in [-0.25, -0.2) is 13.8 Å². The number of benzene rings is 3. The number of aromatic nitrogens is 2. The third-order valence-electron chi connectivity index (χ3n) is 4.43. The van der Waals surface area contributed by atoms with Crippen molar-refractivity contribution in [2.45, 2.75) is 6.04 Å². The number of nitrogens with zero attached hydrogens (tertiary/aromatic N) is 2. The molecule has 3 aromatic carbocycles. The summed E-state index contributed by atoms with van der Waals surface area (Å²) in [6.45, 7) is 0. The van der Waals surface area contributed by atoms with Crippen molar-refractivity contribution in [3.05, 3.63) is 114 Å². The van der Waals surface area contributed by atoms with Gasteiger partial charge < -0.3 is 4.57 Å². The lowest BCUT2D eigenvalue weighted by Crippen LogP contribution is -2.13. The van der Waals surface area contributed by atoms with Gasteiger partial charge >= 0.3 is 0 Å². The van der Waals surface area contributed by atoms with Crippen molar-refractivity contribution in [1.82, 2.24) is 9.55 Å². The molecule has 0 radical (unpaired) electrons. The van der Waals surface area contributed by atoms with Crippen LogP contribution >= 0.6 is 0 Å². The van der Waals surface area contributed by atoms with Gasteiger partial charge in [0, 0.05) is 18.0 Å². The minimum atomic E-state index is -0.375. The molecule has 0 aliphatic heterocycles. The third-order valence-corrected chi connectivity index (χ3v) is 4.43. The molecule has 2 nitrogen and oxygen atoms in total. The molecule has 4 aromatic rings. The van der Waals surface area contributed by atoms with E-state index in [1.165, 1.54) is 18.2 Å². The van der Waals surface area contributed by atoms with Crippen LogP contribution < -0.4 is 0 Å². The Bertz CT molecular complexity index is 1010. The lowest BCUT2D eigenvalue weighted by molar-refractivity contribution is 0.573. The Morgan fingerprint density at radius 2 is 1.46 bits per heavy atom.